The molecule has 1 aromatic rings. The third kappa shape index (κ3) is 3.47. The minimum atomic E-state index is -1.96. The number of allylic oxidation sites excluding steroid dienone is 2. The number of aromatic hydroxyl groups is 1. The molecule has 6 atom stereocenters. The summed E-state index contributed by atoms with van der Waals surface area (Å²) in [7, 11) is 1.29. The first-order valence-electron chi connectivity index (χ1n) is 11.8. The zero-order valence-corrected chi connectivity index (χ0v) is 21.9. The van der Waals surface area contributed by atoms with Crippen molar-refractivity contribution in [1.82, 2.24) is 9.80 Å². The summed E-state index contributed by atoms with van der Waals surface area (Å²) in [5.74, 6) is -6.65. The van der Waals surface area contributed by atoms with Gasteiger partial charge in [-0.15, -0.1) is 23.2 Å². The molecule has 1 saturated carbocycles. The molecule has 4 aliphatic rings. The number of carboxylic acids is 1. The van der Waals surface area contributed by atoms with E-state index >= 15 is 0 Å². The minimum Gasteiger partial charge on any atom is -0.508 e. The van der Waals surface area contributed by atoms with Gasteiger partial charge in [-0.25, -0.2) is 0 Å². The van der Waals surface area contributed by atoms with E-state index in [1.165, 1.54) is 25.2 Å². The molecule has 0 aromatic heterocycles. The third-order valence-corrected chi connectivity index (χ3v) is 9.91. The summed E-state index contributed by atoms with van der Waals surface area (Å²) < 4.78 is 0. The van der Waals surface area contributed by atoms with Gasteiger partial charge in [0.1, 0.15) is 5.75 Å². The van der Waals surface area contributed by atoms with Gasteiger partial charge in [0.05, 0.1) is 11.8 Å². The van der Waals surface area contributed by atoms with E-state index in [0.717, 1.165) is 9.80 Å². The molecule has 2 aliphatic carbocycles. The molecule has 37 heavy (non-hydrogen) atoms. The second kappa shape index (κ2) is 8.71. The largest absolute Gasteiger partial charge is 0.508 e. The number of aliphatic carboxylic acids is 1. The number of carbonyl (C=O) groups excluding carboxylic acids is 4. The Hall–Kier alpha value is -2.62. The molecular weight excluding hydrogens is 547 g/mol. The number of carbonyl (C=O) groups is 5. The molecule has 1 aromatic carbocycles. The van der Waals surface area contributed by atoms with Crippen LogP contribution in [0.25, 0.3) is 0 Å². The van der Waals surface area contributed by atoms with Gasteiger partial charge in [-0.2, -0.15) is 0 Å². The second-order valence-corrected chi connectivity index (χ2v) is 11.7. The van der Waals surface area contributed by atoms with Crippen LogP contribution in [0.3, 0.4) is 0 Å². The van der Waals surface area contributed by atoms with Gasteiger partial charge in [0, 0.05) is 31.0 Å². The number of benzene rings is 1. The van der Waals surface area contributed by atoms with Gasteiger partial charge in [0.2, 0.25) is 11.8 Å². The molecule has 2 aliphatic heterocycles. The Kier molecular flexibility index (Phi) is 6.12. The average Bonchev–Trinajstić information content (AvgIpc) is 3.15. The number of likely N-dealkylation sites (tertiary alicyclic amines) is 2. The summed E-state index contributed by atoms with van der Waals surface area (Å²) in [4.78, 5) is 62.6. The summed E-state index contributed by atoms with van der Waals surface area (Å²) in [6.45, 7) is -0.0299. The molecule has 5 rings (SSSR count). The van der Waals surface area contributed by atoms with Crippen molar-refractivity contribution in [2.45, 2.75) is 41.3 Å². The molecule has 9 nitrogen and oxygen atoms in total. The fourth-order valence-electron chi connectivity index (χ4n) is 6.51. The molecular formula is C25H23Cl3N2O7. The van der Waals surface area contributed by atoms with Crippen molar-refractivity contribution in [3.8, 4) is 5.75 Å². The summed E-state index contributed by atoms with van der Waals surface area (Å²) >= 11 is 20.6. The van der Waals surface area contributed by atoms with E-state index in [2.05, 4.69) is 0 Å². The van der Waals surface area contributed by atoms with Gasteiger partial charge >= 0.3 is 5.97 Å². The van der Waals surface area contributed by atoms with Gasteiger partial charge in [0.25, 0.3) is 11.8 Å². The molecule has 2 N–H and O–H groups in total. The van der Waals surface area contributed by atoms with Crippen molar-refractivity contribution in [3.63, 3.8) is 0 Å². The Morgan fingerprint density at radius 1 is 1.11 bits per heavy atom. The van der Waals surface area contributed by atoms with Crippen molar-refractivity contribution >= 4 is 64.4 Å². The fraction of sp³-hybridized carbons (Fsp3) is 0.480. The molecule has 0 radical (unpaired) electrons. The number of phenols is 1. The molecule has 0 spiro atoms. The Balaban J connectivity index is 1.63. The standard InChI is InChI=1S/C25H23Cl3N2O7/c1-29-22(36)24(27)10-15-12(19(25(24,28)23(29)37)13-5-4-11(31)9-16(13)26)6-7-14-18(15)21(35)30(20(14)34)8-2-3-17(32)33/h4-6,9,14-15,18-19,31H,2-3,7-8,10H2,1H3,(H,32,33)/t14-,15+,18-,19+,24+,25-/m0/s1. The molecule has 0 unspecified atom stereocenters. The molecule has 12 heteroatoms. The summed E-state index contributed by atoms with van der Waals surface area (Å²) in [6.07, 6.45) is 1.76. The highest BCUT2D eigenvalue weighted by Gasteiger charge is 2.76. The Morgan fingerprint density at radius 3 is 2.46 bits per heavy atom. The van der Waals surface area contributed by atoms with E-state index in [1.54, 1.807) is 6.08 Å². The molecule has 196 valence electrons. The van der Waals surface area contributed by atoms with Crippen molar-refractivity contribution in [2.24, 2.45) is 17.8 Å². The van der Waals surface area contributed by atoms with E-state index in [4.69, 9.17) is 39.9 Å². The number of phenolic OH excluding ortho intramolecular Hbond substituents is 1. The van der Waals surface area contributed by atoms with Crippen LogP contribution in [0.1, 0.15) is 37.2 Å². The highest BCUT2D eigenvalue weighted by Crippen LogP contribution is 2.65. The molecule has 0 bridgehead atoms. The van der Waals surface area contributed by atoms with Gasteiger partial charge in [0.15, 0.2) is 9.75 Å². The van der Waals surface area contributed by atoms with Crippen molar-refractivity contribution in [3.05, 3.63) is 40.4 Å². The van der Waals surface area contributed by atoms with Crippen molar-refractivity contribution in [2.75, 3.05) is 13.6 Å². The van der Waals surface area contributed by atoms with Crippen LogP contribution in [0.15, 0.2) is 29.8 Å². The average molecular weight is 570 g/mol. The first-order chi connectivity index (χ1) is 17.3. The second-order valence-electron chi connectivity index (χ2n) is 10.0. The topological polar surface area (TPSA) is 132 Å². The van der Waals surface area contributed by atoms with Gasteiger partial charge in [-0.3, -0.25) is 33.8 Å². The monoisotopic (exact) mass is 568 g/mol. The van der Waals surface area contributed by atoms with Crippen LogP contribution in [-0.2, 0) is 24.0 Å². The van der Waals surface area contributed by atoms with Crippen LogP contribution in [-0.4, -0.2) is 73.0 Å². The van der Waals surface area contributed by atoms with E-state index < -0.39 is 63.0 Å². The smallest absolute Gasteiger partial charge is 0.303 e. The first kappa shape index (κ1) is 26.0. The highest BCUT2D eigenvalue weighted by atomic mass is 35.5. The van der Waals surface area contributed by atoms with Crippen molar-refractivity contribution < 1.29 is 34.2 Å². The normalized spacial score (nSPS) is 34.9. The quantitative estimate of drug-likeness (QED) is 0.317. The molecule has 2 saturated heterocycles. The van der Waals surface area contributed by atoms with Crippen LogP contribution in [0.2, 0.25) is 5.02 Å². The van der Waals surface area contributed by atoms with Crippen LogP contribution in [0, 0.1) is 17.8 Å². The summed E-state index contributed by atoms with van der Waals surface area (Å²) in [5.41, 5.74) is 0.950. The number of halogens is 3. The van der Waals surface area contributed by atoms with Gasteiger partial charge in [-0.1, -0.05) is 29.3 Å². The Labute approximate surface area is 226 Å². The number of nitrogens with zero attached hydrogens (tertiary/aromatic N) is 2. The van der Waals surface area contributed by atoms with Crippen LogP contribution in [0.4, 0.5) is 0 Å². The van der Waals surface area contributed by atoms with E-state index in [0.29, 0.717) is 11.1 Å². The van der Waals surface area contributed by atoms with Gasteiger partial charge < -0.3 is 10.2 Å². The first-order valence-corrected chi connectivity index (χ1v) is 12.9. The zero-order chi connectivity index (χ0) is 27.0. The Bertz CT molecular complexity index is 1300. The molecule has 3 fully saturated rings. The van der Waals surface area contributed by atoms with E-state index in [9.17, 15) is 29.1 Å². The number of alkyl halides is 2. The number of fused-ring (bicyclic) bond motifs is 4. The number of hydrogen-bond acceptors (Lipinski definition) is 6. The molecule has 2 heterocycles. The summed E-state index contributed by atoms with van der Waals surface area (Å²) in [6, 6.07) is 4.18. The van der Waals surface area contributed by atoms with E-state index in [-0.39, 0.29) is 43.0 Å². The maximum Gasteiger partial charge on any atom is 0.303 e. The van der Waals surface area contributed by atoms with Crippen molar-refractivity contribution in [1.29, 1.82) is 0 Å². The van der Waals surface area contributed by atoms with E-state index in [1.807, 2.05) is 0 Å². The minimum absolute atomic E-state index is 0.0299. The van der Waals surface area contributed by atoms with Crippen LogP contribution in [0.5, 0.6) is 5.75 Å². The predicted octanol–water partition coefficient (Wildman–Crippen LogP) is 2.90. The Morgan fingerprint density at radius 2 is 1.81 bits per heavy atom. The highest BCUT2D eigenvalue weighted by molar-refractivity contribution is 6.53. The number of imide groups is 2. The number of carboxylic acid groups (broad SMARTS) is 1. The van der Waals surface area contributed by atoms with Crippen LogP contribution < -0.4 is 0 Å². The maximum absolute atomic E-state index is 13.6. The third-order valence-electron chi connectivity index (χ3n) is 8.17. The maximum atomic E-state index is 13.6. The number of hydrogen-bond donors (Lipinski definition) is 2. The lowest BCUT2D eigenvalue weighted by molar-refractivity contribution is -0.142. The SMILES string of the molecule is CN1C(=O)[C@]2(Cl)C[C@@H]3C(=CC[C@@H]4C(=O)N(CCCC(=O)O)C(=O)[C@@H]43)[C@H](c3ccc(O)cc3Cl)[C@]2(Cl)C1=O. The van der Waals surface area contributed by atoms with Gasteiger partial charge in [-0.05, 0) is 42.9 Å². The predicted molar refractivity (Wildman–Crippen MR) is 132 cm³/mol. The van der Waals surface area contributed by atoms with Crippen LogP contribution >= 0.6 is 34.8 Å². The fourth-order valence-corrected chi connectivity index (χ4v) is 7.81. The number of rotatable bonds is 5. The lowest BCUT2D eigenvalue weighted by atomic mass is 9.56. The molecule has 4 amide bonds. The number of amides is 4. The summed E-state index contributed by atoms with van der Waals surface area (Å²) in [5, 5.41) is 19.0. The lowest BCUT2D eigenvalue weighted by Crippen LogP contribution is -2.60. The zero-order valence-electron chi connectivity index (χ0n) is 19.6. The lowest BCUT2D eigenvalue weighted by Gasteiger charge is -2.51.